The lowest BCUT2D eigenvalue weighted by molar-refractivity contribution is -0.116. The van der Waals surface area contributed by atoms with Gasteiger partial charge in [0.2, 0.25) is 15.9 Å². The van der Waals surface area contributed by atoms with Crippen LogP contribution in [0.1, 0.15) is 25.7 Å². The number of allylic oxidation sites excluding steroid dienone is 2. The molecule has 1 unspecified atom stereocenters. The van der Waals surface area contributed by atoms with E-state index in [4.69, 9.17) is 0 Å². The van der Waals surface area contributed by atoms with Crippen molar-refractivity contribution in [1.29, 1.82) is 0 Å². The fourth-order valence-electron chi connectivity index (χ4n) is 3.01. The number of hydrogen-bond donors (Lipinski definition) is 2. The summed E-state index contributed by atoms with van der Waals surface area (Å²) in [5.41, 5.74) is 0.716. The molecule has 1 fully saturated rings. The predicted octanol–water partition coefficient (Wildman–Crippen LogP) is 2.23. The van der Waals surface area contributed by atoms with Crippen LogP contribution >= 0.6 is 0 Å². The van der Waals surface area contributed by atoms with E-state index >= 15 is 0 Å². The second-order valence-corrected chi connectivity index (χ2v) is 7.97. The Morgan fingerprint density at radius 2 is 2.22 bits per heavy atom. The van der Waals surface area contributed by atoms with Gasteiger partial charge in [-0.3, -0.25) is 9.10 Å². The molecular formula is C16H20N2O4S. The molecule has 0 bridgehead atoms. The molecule has 0 saturated carbocycles. The van der Waals surface area contributed by atoms with E-state index in [0.717, 1.165) is 12.8 Å². The summed E-state index contributed by atoms with van der Waals surface area (Å²) in [7, 11) is -3.29. The van der Waals surface area contributed by atoms with Gasteiger partial charge in [0.1, 0.15) is 5.75 Å². The number of rotatable bonds is 4. The number of carbonyl (C=O) groups is 1. The maximum atomic E-state index is 12.1. The van der Waals surface area contributed by atoms with Crippen molar-refractivity contribution >= 4 is 27.3 Å². The quantitative estimate of drug-likeness (QED) is 0.652. The van der Waals surface area contributed by atoms with Gasteiger partial charge in [-0.05, 0) is 43.4 Å². The Labute approximate surface area is 135 Å². The van der Waals surface area contributed by atoms with Gasteiger partial charge >= 0.3 is 0 Å². The van der Waals surface area contributed by atoms with E-state index in [-0.39, 0.29) is 29.0 Å². The molecule has 0 spiro atoms. The molecule has 1 aliphatic carbocycles. The second kappa shape index (κ2) is 6.23. The maximum absolute atomic E-state index is 12.1. The minimum absolute atomic E-state index is 0.0688. The van der Waals surface area contributed by atoms with Gasteiger partial charge in [-0.2, -0.15) is 0 Å². The van der Waals surface area contributed by atoms with E-state index in [1.165, 1.54) is 16.4 Å². The third-order valence-electron chi connectivity index (χ3n) is 4.20. The Balaban J connectivity index is 1.75. The van der Waals surface area contributed by atoms with Gasteiger partial charge in [0, 0.05) is 13.0 Å². The highest BCUT2D eigenvalue weighted by Crippen LogP contribution is 2.32. The first-order valence-corrected chi connectivity index (χ1v) is 9.36. The standard InChI is InChI=1S/C16H20N2O4S/c19-15-7-6-13(18-8-3-9-23(18,21)22)11-14(15)17-16(20)10-12-4-1-2-5-12/h1,4,6-7,11-12,19H,2-3,5,8-10H2,(H,17,20). The summed E-state index contributed by atoms with van der Waals surface area (Å²) in [5, 5.41) is 12.6. The SMILES string of the molecule is O=C(CC1C=CCC1)Nc1cc(N2CCCS2(=O)=O)ccc1O. The average molecular weight is 336 g/mol. The third-order valence-corrected chi connectivity index (χ3v) is 6.07. The molecule has 7 heteroatoms. The largest absolute Gasteiger partial charge is 0.506 e. The summed E-state index contributed by atoms with van der Waals surface area (Å²) in [6, 6.07) is 4.47. The zero-order chi connectivity index (χ0) is 16.4. The highest BCUT2D eigenvalue weighted by molar-refractivity contribution is 7.93. The molecule has 1 aromatic carbocycles. The first-order chi connectivity index (χ1) is 11.0. The summed E-state index contributed by atoms with van der Waals surface area (Å²) < 4.78 is 25.3. The molecule has 1 aliphatic heterocycles. The number of anilines is 2. The van der Waals surface area contributed by atoms with E-state index in [0.29, 0.717) is 25.1 Å². The third kappa shape index (κ3) is 3.50. The zero-order valence-corrected chi connectivity index (χ0v) is 13.6. The first-order valence-electron chi connectivity index (χ1n) is 7.76. The van der Waals surface area contributed by atoms with Gasteiger partial charge in [0.15, 0.2) is 0 Å². The van der Waals surface area contributed by atoms with E-state index in [1.54, 1.807) is 6.07 Å². The zero-order valence-electron chi connectivity index (χ0n) is 12.7. The van der Waals surface area contributed by atoms with Gasteiger partial charge in [-0.15, -0.1) is 0 Å². The number of nitrogens with zero attached hydrogens (tertiary/aromatic N) is 1. The van der Waals surface area contributed by atoms with Crippen molar-refractivity contribution in [3.8, 4) is 5.75 Å². The molecular weight excluding hydrogens is 316 g/mol. The monoisotopic (exact) mass is 336 g/mol. The van der Waals surface area contributed by atoms with Crippen LogP contribution in [0.25, 0.3) is 0 Å². The predicted molar refractivity (Wildman–Crippen MR) is 89.0 cm³/mol. The fourth-order valence-corrected chi connectivity index (χ4v) is 4.57. The van der Waals surface area contributed by atoms with Crippen molar-refractivity contribution < 1.29 is 18.3 Å². The molecule has 1 saturated heterocycles. The molecule has 2 N–H and O–H groups in total. The lowest BCUT2D eigenvalue weighted by Crippen LogP contribution is -2.25. The molecule has 1 aromatic rings. The Kier molecular flexibility index (Phi) is 4.30. The molecule has 2 aliphatic rings. The summed E-state index contributed by atoms with van der Waals surface area (Å²) in [6.45, 7) is 0.424. The van der Waals surface area contributed by atoms with Crippen molar-refractivity contribution in [2.75, 3.05) is 21.9 Å². The summed E-state index contributed by atoms with van der Waals surface area (Å²) >= 11 is 0. The van der Waals surface area contributed by atoms with Gasteiger partial charge < -0.3 is 10.4 Å². The topological polar surface area (TPSA) is 86.7 Å². The minimum atomic E-state index is -3.29. The molecule has 124 valence electrons. The number of benzene rings is 1. The van der Waals surface area contributed by atoms with E-state index in [2.05, 4.69) is 11.4 Å². The van der Waals surface area contributed by atoms with Gasteiger partial charge in [-0.25, -0.2) is 8.42 Å². The van der Waals surface area contributed by atoms with Crippen molar-refractivity contribution in [3.63, 3.8) is 0 Å². The van der Waals surface area contributed by atoms with Crippen LogP contribution in [-0.2, 0) is 14.8 Å². The second-order valence-electron chi connectivity index (χ2n) is 5.96. The van der Waals surface area contributed by atoms with Crippen molar-refractivity contribution in [3.05, 3.63) is 30.4 Å². The number of aromatic hydroxyl groups is 1. The number of phenolic OH excluding ortho intramolecular Hbond substituents is 1. The number of carbonyl (C=O) groups excluding carboxylic acids is 1. The normalized spacial score (nSPS) is 22.4. The average Bonchev–Trinajstić information content (AvgIpc) is 3.10. The van der Waals surface area contributed by atoms with E-state index in [1.807, 2.05) is 6.08 Å². The van der Waals surface area contributed by atoms with E-state index in [9.17, 15) is 18.3 Å². The molecule has 6 nitrogen and oxygen atoms in total. The number of phenols is 1. The number of nitrogens with one attached hydrogen (secondary N) is 1. The molecule has 1 amide bonds. The molecule has 23 heavy (non-hydrogen) atoms. The van der Waals surface area contributed by atoms with E-state index < -0.39 is 10.0 Å². The van der Waals surface area contributed by atoms with Crippen molar-refractivity contribution in [2.45, 2.75) is 25.7 Å². The van der Waals surface area contributed by atoms with Crippen LogP contribution in [0.3, 0.4) is 0 Å². The fraction of sp³-hybridized carbons (Fsp3) is 0.438. The lowest BCUT2D eigenvalue weighted by atomic mass is 10.0. The highest BCUT2D eigenvalue weighted by Gasteiger charge is 2.29. The Hall–Kier alpha value is -2.02. The van der Waals surface area contributed by atoms with Crippen LogP contribution in [0.4, 0.5) is 11.4 Å². The van der Waals surface area contributed by atoms with Crippen molar-refractivity contribution in [1.82, 2.24) is 0 Å². The van der Waals surface area contributed by atoms with Crippen LogP contribution in [0.2, 0.25) is 0 Å². The van der Waals surface area contributed by atoms with Gasteiger partial charge in [0.25, 0.3) is 0 Å². The summed E-state index contributed by atoms with van der Waals surface area (Å²) in [5.74, 6) is 0.113. The first kappa shape index (κ1) is 15.9. The van der Waals surface area contributed by atoms with Gasteiger partial charge in [-0.1, -0.05) is 12.2 Å². The maximum Gasteiger partial charge on any atom is 0.235 e. The Morgan fingerprint density at radius 1 is 1.39 bits per heavy atom. The van der Waals surface area contributed by atoms with Gasteiger partial charge in [0.05, 0.1) is 17.1 Å². The van der Waals surface area contributed by atoms with Crippen molar-refractivity contribution in [2.24, 2.45) is 5.92 Å². The Bertz CT molecular complexity index is 742. The molecule has 0 aromatic heterocycles. The van der Waals surface area contributed by atoms with Crippen LogP contribution in [0, 0.1) is 5.92 Å². The van der Waals surface area contributed by atoms with Crippen LogP contribution in [0.15, 0.2) is 30.4 Å². The number of amides is 1. The smallest absolute Gasteiger partial charge is 0.235 e. The number of sulfonamides is 1. The number of hydrogen-bond acceptors (Lipinski definition) is 4. The molecule has 0 radical (unpaired) electrons. The van der Waals surface area contributed by atoms with Crippen LogP contribution in [-0.4, -0.2) is 31.7 Å². The van der Waals surface area contributed by atoms with Crippen LogP contribution in [0.5, 0.6) is 5.75 Å². The molecule has 3 rings (SSSR count). The lowest BCUT2D eigenvalue weighted by Gasteiger charge is -2.18. The molecule has 1 heterocycles. The summed E-state index contributed by atoms with van der Waals surface area (Å²) in [4.78, 5) is 12.1. The Morgan fingerprint density at radius 3 is 2.87 bits per heavy atom. The van der Waals surface area contributed by atoms with Crippen LogP contribution < -0.4 is 9.62 Å². The highest BCUT2D eigenvalue weighted by atomic mass is 32.2. The molecule has 1 atom stereocenters. The summed E-state index contributed by atoms with van der Waals surface area (Å²) in [6.07, 6.45) is 7.00. The minimum Gasteiger partial charge on any atom is -0.506 e.